The van der Waals surface area contributed by atoms with Gasteiger partial charge in [0.15, 0.2) is 0 Å². The zero-order valence-corrected chi connectivity index (χ0v) is 9.26. The highest BCUT2D eigenvalue weighted by molar-refractivity contribution is 5.13. The van der Waals surface area contributed by atoms with Crippen LogP contribution < -0.4 is 5.32 Å². The van der Waals surface area contributed by atoms with Crippen molar-refractivity contribution in [3.8, 4) is 0 Å². The maximum Gasteiger partial charge on any atom is 0.115 e. The fourth-order valence-corrected chi connectivity index (χ4v) is 1.67. The maximum absolute atomic E-state index is 5.35. The molecule has 0 bridgehead atoms. The number of hydrogen-bond donors (Lipinski definition) is 1. The lowest BCUT2D eigenvalue weighted by atomic mass is 10.1. The molecule has 4 nitrogen and oxygen atoms in total. The summed E-state index contributed by atoms with van der Waals surface area (Å²) in [4.78, 5) is 8.07. The summed E-state index contributed by atoms with van der Waals surface area (Å²) in [5, 5.41) is 3.40. The van der Waals surface area contributed by atoms with Gasteiger partial charge in [-0.2, -0.15) is 0 Å². The van der Waals surface area contributed by atoms with Crippen LogP contribution in [0.25, 0.3) is 0 Å². The van der Waals surface area contributed by atoms with Gasteiger partial charge in [-0.1, -0.05) is 6.92 Å². The highest BCUT2D eigenvalue weighted by Crippen LogP contribution is 2.16. The molecule has 1 unspecified atom stereocenters. The van der Waals surface area contributed by atoms with E-state index in [1.54, 1.807) is 12.6 Å². The number of rotatable bonds is 5. The van der Waals surface area contributed by atoms with E-state index < -0.39 is 0 Å². The molecule has 0 radical (unpaired) electrons. The van der Waals surface area contributed by atoms with Gasteiger partial charge in [-0.3, -0.25) is 0 Å². The van der Waals surface area contributed by atoms with Gasteiger partial charge in [-0.05, 0) is 18.7 Å². The van der Waals surface area contributed by atoms with Crippen LogP contribution >= 0.6 is 0 Å². The average molecular weight is 217 g/mol. The lowest BCUT2D eigenvalue weighted by Gasteiger charge is -2.15. The lowest BCUT2D eigenvalue weighted by molar-refractivity contribution is 0.454. The van der Waals surface area contributed by atoms with Crippen molar-refractivity contribution < 1.29 is 4.42 Å². The summed E-state index contributed by atoms with van der Waals surface area (Å²) < 4.78 is 5.35. The van der Waals surface area contributed by atoms with Crippen LogP contribution in [0.15, 0.2) is 41.5 Å². The van der Waals surface area contributed by atoms with E-state index in [4.69, 9.17) is 4.42 Å². The van der Waals surface area contributed by atoms with Crippen LogP contribution in [0, 0.1) is 0 Å². The molecular formula is C12H15N3O. The SMILES string of the molecule is CCNC(Cc1ccco1)c1cncnc1. The summed E-state index contributed by atoms with van der Waals surface area (Å²) in [6.45, 7) is 2.99. The van der Waals surface area contributed by atoms with Crippen LogP contribution in [0.4, 0.5) is 0 Å². The van der Waals surface area contributed by atoms with Crippen LogP contribution in [0.1, 0.15) is 24.3 Å². The highest BCUT2D eigenvalue weighted by atomic mass is 16.3. The molecule has 0 aliphatic rings. The Morgan fingerprint density at radius 1 is 1.38 bits per heavy atom. The minimum Gasteiger partial charge on any atom is -0.469 e. The third-order valence-electron chi connectivity index (χ3n) is 2.42. The van der Waals surface area contributed by atoms with Crippen molar-refractivity contribution in [1.29, 1.82) is 0 Å². The number of nitrogens with zero attached hydrogens (tertiary/aromatic N) is 2. The van der Waals surface area contributed by atoms with Gasteiger partial charge in [-0.15, -0.1) is 0 Å². The quantitative estimate of drug-likeness (QED) is 0.831. The Kier molecular flexibility index (Phi) is 3.66. The van der Waals surface area contributed by atoms with Crippen LogP contribution in [0.2, 0.25) is 0 Å². The molecule has 0 saturated heterocycles. The van der Waals surface area contributed by atoms with E-state index >= 15 is 0 Å². The van der Waals surface area contributed by atoms with Gasteiger partial charge in [0.1, 0.15) is 12.1 Å². The molecule has 2 aromatic heterocycles. The first-order valence-corrected chi connectivity index (χ1v) is 5.41. The Morgan fingerprint density at radius 3 is 2.81 bits per heavy atom. The van der Waals surface area contributed by atoms with E-state index in [2.05, 4.69) is 22.2 Å². The summed E-state index contributed by atoms with van der Waals surface area (Å²) in [6, 6.07) is 4.09. The van der Waals surface area contributed by atoms with Crippen molar-refractivity contribution in [3.63, 3.8) is 0 Å². The molecule has 16 heavy (non-hydrogen) atoms. The first kappa shape index (κ1) is 10.8. The van der Waals surface area contributed by atoms with Crippen molar-refractivity contribution in [2.75, 3.05) is 6.54 Å². The predicted molar refractivity (Wildman–Crippen MR) is 60.9 cm³/mol. The first-order valence-electron chi connectivity index (χ1n) is 5.41. The molecule has 4 heteroatoms. The Labute approximate surface area is 94.7 Å². The maximum atomic E-state index is 5.35. The molecule has 0 aromatic carbocycles. The van der Waals surface area contributed by atoms with Crippen molar-refractivity contribution in [2.45, 2.75) is 19.4 Å². The van der Waals surface area contributed by atoms with Gasteiger partial charge in [-0.25, -0.2) is 9.97 Å². The standard InChI is InChI=1S/C12H15N3O/c1-2-15-12(6-11-4-3-5-16-11)10-7-13-9-14-8-10/h3-5,7-9,12,15H,2,6H2,1H3. The van der Waals surface area contributed by atoms with E-state index in [1.165, 1.54) is 0 Å². The van der Waals surface area contributed by atoms with E-state index in [-0.39, 0.29) is 6.04 Å². The second kappa shape index (κ2) is 5.42. The van der Waals surface area contributed by atoms with E-state index in [1.807, 2.05) is 24.5 Å². The number of hydrogen-bond acceptors (Lipinski definition) is 4. The molecule has 1 N–H and O–H groups in total. The molecular weight excluding hydrogens is 202 g/mol. The number of likely N-dealkylation sites (N-methyl/N-ethyl adjacent to an activating group) is 1. The van der Waals surface area contributed by atoms with Crippen molar-refractivity contribution >= 4 is 0 Å². The van der Waals surface area contributed by atoms with Gasteiger partial charge in [0.25, 0.3) is 0 Å². The molecule has 0 aliphatic heterocycles. The van der Waals surface area contributed by atoms with E-state index in [0.717, 1.165) is 24.3 Å². The second-order valence-corrected chi connectivity index (χ2v) is 3.57. The van der Waals surface area contributed by atoms with Crippen molar-refractivity contribution in [3.05, 3.63) is 48.4 Å². The third-order valence-corrected chi connectivity index (χ3v) is 2.42. The molecule has 0 spiro atoms. The zero-order valence-electron chi connectivity index (χ0n) is 9.26. The minimum absolute atomic E-state index is 0.206. The number of furan rings is 1. The molecule has 2 aromatic rings. The highest BCUT2D eigenvalue weighted by Gasteiger charge is 2.12. The van der Waals surface area contributed by atoms with Gasteiger partial charge < -0.3 is 9.73 Å². The van der Waals surface area contributed by atoms with Crippen LogP contribution in [-0.4, -0.2) is 16.5 Å². The Balaban J connectivity index is 2.11. The Hall–Kier alpha value is -1.68. The molecule has 0 fully saturated rings. The number of aromatic nitrogens is 2. The molecule has 0 amide bonds. The van der Waals surface area contributed by atoms with Crippen LogP contribution in [0.5, 0.6) is 0 Å². The molecule has 0 saturated carbocycles. The topological polar surface area (TPSA) is 51.0 Å². The first-order chi connectivity index (χ1) is 7.90. The second-order valence-electron chi connectivity index (χ2n) is 3.57. The largest absolute Gasteiger partial charge is 0.469 e. The van der Waals surface area contributed by atoms with Gasteiger partial charge in [0.05, 0.1) is 6.26 Å². The normalized spacial score (nSPS) is 12.6. The fourth-order valence-electron chi connectivity index (χ4n) is 1.67. The van der Waals surface area contributed by atoms with E-state index in [9.17, 15) is 0 Å². The molecule has 2 rings (SSSR count). The number of nitrogens with one attached hydrogen (secondary N) is 1. The molecule has 84 valence electrons. The van der Waals surface area contributed by atoms with E-state index in [0.29, 0.717) is 0 Å². The summed E-state index contributed by atoms with van der Waals surface area (Å²) in [6.07, 6.45) is 7.72. The monoisotopic (exact) mass is 217 g/mol. The Bertz CT molecular complexity index is 399. The van der Waals surface area contributed by atoms with Gasteiger partial charge in [0.2, 0.25) is 0 Å². The van der Waals surface area contributed by atoms with Crippen molar-refractivity contribution in [1.82, 2.24) is 15.3 Å². The zero-order chi connectivity index (χ0) is 11.2. The summed E-state index contributed by atoms with van der Waals surface area (Å²) >= 11 is 0. The Morgan fingerprint density at radius 2 is 2.19 bits per heavy atom. The predicted octanol–water partition coefficient (Wildman–Crippen LogP) is 1.96. The summed E-state index contributed by atoms with van der Waals surface area (Å²) in [5.74, 6) is 0.967. The van der Waals surface area contributed by atoms with Crippen LogP contribution in [-0.2, 0) is 6.42 Å². The van der Waals surface area contributed by atoms with Gasteiger partial charge in [0, 0.05) is 30.4 Å². The third kappa shape index (κ3) is 2.67. The molecule has 2 heterocycles. The summed E-state index contributed by atoms with van der Waals surface area (Å²) in [7, 11) is 0. The van der Waals surface area contributed by atoms with Crippen molar-refractivity contribution in [2.24, 2.45) is 0 Å². The minimum atomic E-state index is 0.206. The summed E-state index contributed by atoms with van der Waals surface area (Å²) in [5.41, 5.74) is 1.08. The molecule has 0 aliphatic carbocycles. The molecule has 1 atom stereocenters. The lowest BCUT2D eigenvalue weighted by Crippen LogP contribution is -2.23. The average Bonchev–Trinajstić information content (AvgIpc) is 2.83. The van der Waals surface area contributed by atoms with Crippen LogP contribution in [0.3, 0.4) is 0 Å². The fraction of sp³-hybridized carbons (Fsp3) is 0.333. The smallest absolute Gasteiger partial charge is 0.115 e. The van der Waals surface area contributed by atoms with Gasteiger partial charge >= 0.3 is 0 Å².